The summed E-state index contributed by atoms with van der Waals surface area (Å²) in [5, 5.41) is 6.86. The first kappa shape index (κ1) is 17.2. The summed E-state index contributed by atoms with van der Waals surface area (Å²) < 4.78 is 1.51. The Morgan fingerprint density at radius 3 is 2.76 bits per heavy atom. The number of carbonyl (C=O) groups excluding carboxylic acids is 1. The van der Waals surface area contributed by atoms with Crippen molar-refractivity contribution in [1.29, 1.82) is 0 Å². The molecule has 8 heteroatoms. The second-order valence-corrected chi connectivity index (χ2v) is 6.70. The zero-order valence-corrected chi connectivity index (χ0v) is 14.8. The first-order valence-electron chi connectivity index (χ1n) is 8.59. The van der Waals surface area contributed by atoms with Gasteiger partial charge in [0, 0.05) is 32.4 Å². The topological polar surface area (TPSA) is 95.9 Å². The SMILES string of the molecule is CC1CCN(c2nc([C@@H](C)NC(=O)c3ccnn3C)cc(=O)[nH]2)CC1. The van der Waals surface area contributed by atoms with Crippen LogP contribution in [0.5, 0.6) is 0 Å². The Bertz CT molecular complexity index is 803. The van der Waals surface area contributed by atoms with E-state index in [9.17, 15) is 9.59 Å². The third-order valence-electron chi connectivity index (χ3n) is 4.68. The summed E-state index contributed by atoms with van der Waals surface area (Å²) >= 11 is 0. The Balaban J connectivity index is 1.76. The molecule has 0 spiro atoms. The molecule has 1 atom stereocenters. The largest absolute Gasteiger partial charge is 0.343 e. The van der Waals surface area contributed by atoms with Crippen molar-refractivity contribution >= 4 is 11.9 Å². The standard InChI is InChI=1S/C17H24N6O2/c1-11-5-8-23(9-6-11)17-20-13(10-15(24)21-17)12(2)19-16(25)14-4-7-18-22(14)3/h4,7,10-12H,5-6,8-9H2,1-3H3,(H,19,25)(H,20,21,24)/t12-/m1/s1. The number of anilines is 1. The zero-order chi connectivity index (χ0) is 18.0. The lowest BCUT2D eigenvalue weighted by Crippen LogP contribution is -2.36. The fourth-order valence-electron chi connectivity index (χ4n) is 3.00. The number of amides is 1. The van der Waals surface area contributed by atoms with Crippen molar-refractivity contribution < 1.29 is 4.79 Å². The fraction of sp³-hybridized carbons (Fsp3) is 0.529. The number of aryl methyl sites for hydroxylation is 1. The van der Waals surface area contributed by atoms with Gasteiger partial charge in [-0.25, -0.2) is 4.98 Å². The molecular weight excluding hydrogens is 320 g/mol. The van der Waals surface area contributed by atoms with Gasteiger partial charge in [0.15, 0.2) is 0 Å². The molecule has 8 nitrogen and oxygen atoms in total. The number of H-pyrrole nitrogens is 1. The lowest BCUT2D eigenvalue weighted by atomic mass is 10.00. The Labute approximate surface area is 146 Å². The average Bonchev–Trinajstić information content (AvgIpc) is 3.01. The van der Waals surface area contributed by atoms with E-state index in [1.165, 1.54) is 10.7 Å². The number of nitrogens with one attached hydrogen (secondary N) is 2. The van der Waals surface area contributed by atoms with Gasteiger partial charge in [0.2, 0.25) is 5.95 Å². The maximum atomic E-state index is 12.3. The Kier molecular flexibility index (Phi) is 4.87. The third-order valence-corrected chi connectivity index (χ3v) is 4.68. The lowest BCUT2D eigenvalue weighted by molar-refractivity contribution is 0.0929. The highest BCUT2D eigenvalue weighted by Gasteiger charge is 2.20. The summed E-state index contributed by atoms with van der Waals surface area (Å²) in [7, 11) is 1.71. The smallest absolute Gasteiger partial charge is 0.270 e. The van der Waals surface area contributed by atoms with E-state index in [-0.39, 0.29) is 17.5 Å². The van der Waals surface area contributed by atoms with Crippen LogP contribution in [0, 0.1) is 5.92 Å². The molecule has 0 bridgehead atoms. The van der Waals surface area contributed by atoms with Gasteiger partial charge >= 0.3 is 0 Å². The van der Waals surface area contributed by atoms with Crippen molar-refractivity contribution in [2.24, 2.45) is 13.0 Å². The average molecular weight is 344 g/mol. The molecule has 134 valence electrons. The molecule has 1 amide bonds. The molecule has 3 heterocycles. The molecule has 1 fully saturated rings. The quantitative estimate of drug-likeness (QED) is 0.870. The number of piperidine rings is 1. The van der Waals surface area contributed by atoms with Gasteiger partial charge in [0.1, 0.15) is 5.69 Å². The molecular formula is C17H24N6O2. The van der Waals surface area contributed by atoms with Gasteiger partial charge in [-0.05, 0) is 31.7 Å². The lowest BCUT2D eigenvalue weighted by Gasteiger charge is -2.31. The summed E-state index contributed by atoms with van der Waals surface area (Å²) in [4.78, 5) is 33.8. The van der Waals surface area contributed by atoms with Crippen LogP contribution in [-0.2, 0) is 7.05 Å². The van der Waals surface area contributed by atoms with E-state index in [4.69, 9.17) is 0 Å². The summed E-state index contributed by atoms with van der Waals surface area (Å²) in [5.41, 5.74) is 0.801. The normalized spacial score (nSPS) is 16.7. The number of aromatic nitrogens is 4. The van der Waals surface area contributed by atoms with Crippen LogP contribution in [0.15, 0.2) is 23.1 Å². The Morgan fingerprint density at radius 2 is 2.12 bits per heavy atom. The molecule has 0 unspecified atom stereocenters. The number of nitrogens with zero attached hydrogens (tertiary/aromatic N) is 4. The molecule has 25 heavy (non-hydrogen) atoms. The first-order chi connectivity index (χ1) is 11.9. The Hall–Kier alpha value is -2.64. The molecule has 1 saturated heterocycles. The van der Waals surface area contributed by atoms with E-state index < -0.39 is 0 Å². The Morgan fingerprint density at radius 1 is 1.40 bits per heavy atom. The van der Waals surface area contributed by atoms with Gasteiger partial charge in [-0.3, -0.25) is 19.3 Å². The van der Waals surface area contributed by atoms with Crippen molar-refractivity contribution in [3.8, 4) is 0 Å². The van der Waals surface area contributed by atoms with Gasteiger partial charge in [0.25, 0.3) is 11.5 Å². The van der Waals surface area contributed by atoms with Crippen LogP contribution in [0.2, 0.25) is 0 Å². The molecule has 1 aliphatic rings. The van der Waals surface area contributed by atoms with Gasteiger partial charge in [-0.2, -0.15) is 5.10 Å². The van der Waals surface area contributed by atoms with E-state index in [1.54, 1.807) is 19.3 Å². The minimum absolute atomic E-state index is 0.208. The zero-order valence-electron chi connectivity index (χ0n) is 14.8. The van der Waals surface area contributed by atoms with Gasteiger partial charge in [-0.15, -0.1) is 0 Å². The number of hydrogen-bond donors (Lipinski definition) is 2. The number of aromatic amines is 1. The third kappa shape index (κ3) is 3.89. The highest BCUT2D eigenvalue weighted by molar-refractivity contribution is 5.92. The van der Waals surface area contributed by atoms with E-state index in [0.29, 0.717) is 23.3 Å². The van der Waals surface area contributed by atoms with Crippen LogP contribution in [0.25, 0.3) is 0 Å². The molecule has 2 aromatic heterocycles. The number of carbonyl (C=O) groups is 1. The van der Waals surface area contributed by atoms with Crippen LogP contribution >= 0.6 is 0 Å². The summed E-state index contributed by atoms with van der Waals surface area (Å²) in [5.74, 6) is 1.03. The van der Waals surface area contributed by atoms with Crippen LogP contribution in [-0.4, -0.2) is 38.7 Å². The molecule has 0 aromatic carbocycles. The van der Waals surface area contributed by atoms with Crippen LogP contribution in [0.4, 0.5) is 5.95 Å². The molecule has 1 aliphatic heterocycles. The monoisotopic (exact) mass is 344 g/mol. The molecule has 3 rings (SSSR count). The molecule has 0 saturated carbocycles. The highest BCUT2D eigenvalue weighted by Crippen LogP contribution is 2.20. The van der Waals surface area contributed by atoms with Crippen LogP contribution < -0.4 is 15.8 Å². The van der Waals surface area contributed by atoms with Gasteiger partial charge < -0.3 is 10.2 Å². The maximum Gasteiger partial charge on any atom is 0.270 e. The van der Waals surface area contributed by atoms with Gasteiger partial charge in [0.05, 0.1) is 11.7 Å². The second kappa shape index (κ2) is 7.08. The van der Waals surface area contributed by atoms with Crippen LogP contribution in [0.3, 0.4) is 0 Å². The van der Waals surface area contributed by atoms with Crippen molar-refractivity contribution in [2.45, 2.75) is 32.7 Å². The van der Waals surface area contributed by atoms with E-state index in [0.717, 1.165) is 25.9 Å². The van der Waals surface area contributed by atoms with E-state index in [1.807, 2.05) is 6.92 Å². The fourth-order valence-corrected chi connectivity index (χ4v) is 3.00. The molecule has 2 N–H and O–H groups in total. The first-order valence-corrected chi connectivity index (χ1v) is 8.59. The molecule has 0 aliphatic carbocycles. The van der Waals surface area contributed by atoms with Crippen molar-refractivity contribution in [3.05, 3.63) is 40.1 Å². The predicted octanol–water partition coefficient (Wildman–Crippen LogP) is 1.23. The number of rotatable bonds is 4. The summed E-state index contributed by atoms with van der Waals surface area (Å²) in [6, 6.07) is 2.70. The van der Waals surface area contributed by atoms with E-state index >= 15 is 0 Å². The number of hydrogen-bond acceptors (Lipinski definition) is 5. The van der Waals surface area contributed by atoms with Crippen molar-refractivity contribution in [1.82, 2.24) is 25.1 Å². The minimum atomic E-state index is -0.382. The van der Waals surface area contributed by atoms with Gasteiger partial charge in [-0.1, -0.05) is 6.92 Å². The molecule has 2 aromatic rings. The second-order valence-electron chi connectivity index (χ2n) is 6.70. The maximum absolute atomic E-state index is 12.3. The van der Waals surface area contributed by atoms with Crippen molar-refractivity contribution in [2.75, 3.05) is 18.0 Å². The summed E-state index contributed by atoms with van der Waals surface area (Å²) in [6.45, 7) is 5.81. The summed E-state index contributed by atoms with van der Waals surface area (Å²) in [6.07, 6.45) is 3.74. The van der Waals surface area contributed by atoms with Crippen molar-refractivity contribution in [3.63, 3.8) is 0 Å². The predicted molar refractivity (Wildman–Crippen MR) is 94.6 cm³/mol. The minimum Gasteiger partial charge on any atom is -0.343 e. The van der Waals surface area contributed by atoms with Crippen LogP contribution in [0.1, 0.15) is 48.9 Å². The molecule has 0 radical (unpaired) electrons. The van der Waals surface area contributed by atoms with E-state index in [2.05, 4.69) is 32.2 Å². The highest BCUT2D eigenvalue weighted by atomic mass is 16.2.